The van der Waals surface area contributed by atoms with Gasteiger partial charge in [0.2, 0.25) is 0 Å². The highest BCUT2D eigenvalue weighted by Gasteiger charge is 1.93. The van der Waals surface area contributed by atoms with Gasteiger partial charge in [0.15, 0.2) is 0 Å². The predicted molar refractivity (Wildman–Crippen MR) is 54.9 cm³/mol. The van der Waals surface area contributed by atoms with E-state index < -0.39 is 0 Å². The summed E-state index contributed by atoms with van der Waals surface area (Å²) in [5, 5.41) is 2.58. The minimum Gasteiger partial charge on any atom is -0.242 e. The van der Waals surface area contributed by atoms with E-state index in [0.29, 0.717) is 11.6 Å². The third-order valence-electron chi connectivity index (χ3n) is 1.73. The Morgan fingerprint density at radius 3 is 2.54 bits per heavy atom. The van der Waals surface area contributed by atoms with Crippen LogP contribution in [0.2, 0.25) is 0 Å². The molecule has 13 heavy (non-hydrogen) atoms. The number of benzene rings is 1. The molecule has 0 unspecified atom stereocenters. The molecule has 0 bridgehead atoms. The number of aryl methyl sites for hydroxylation is 1. The second kappa shape index (κ2) is 5.54. The number of hydrogen-bond acceptors (Lipinski definition) is 2. The molecule has 0 spiro atoms. The van der Waals surface area contributed by atoms with Gasteiger partial charge < -0.3 is 0 Å². The van der Waals surface area contributed by atoms with Crippen LogP contribution in [0, 0.1) is 4.91 Å². The van der Waals surface area contributed by atoms with E-state index in [4.69, 9.17) is 11.6 Å². The maximum absolute atomic E-state index is 9.85. The molecule has 0 saturated carbocycles. The van der Waals surface area contributed by atoms with Crippen LogP contribution in [-0.4, -0.2) is 5.88 Å². The topological polar surface area (TPSA) is 41.5 Å². The van der Waals surface area contributed by atoms with Crippen molar-refractivity contribution in [2.45, 2.75) is 12.8 Å². The van der Waals surface area contributed by atoms with Gasteiger partial charge in [-0.2, -0.15) is 0 Å². The highest BCUT2D eigenvalue weighted by molar-refractivity contribution is 6.17. The molecule has 0 saturated heterocycles. The van der Waals surface area contributed by atoms with Gasteiger partial charge in [0, 0.05) is 5.88 Å². The van der Waals surface area contributed by atoms with Crippen molar-refractivity contribution in [2.75, 3.05) is 11.3 Å². The maximum Gasteiger partial charge on any atom is 0.0594 e. The summed E-state index contributed by atoms with van der Waals surface area (Å²) in [7, 11) is 0. The molecule has 1 aromatic rings. The molecule has 0 aliphatic carbocycles. The Morgan fingerprint density at radius 1 is 1.31 bits per heavy atom. The lowest BCUT2D eigenvalue weighted by Gasteiger charge is -2.00. The van der Waals surface area contributed by atoms with Crippen molar-refractivity contribution in [1.82, 2.24) is 0 Å². The fourth-order valence-corrected chi connectivity index (χ4v) is 1.20. The first kappa shape index (κ1) is 9.99. The van der Waals surface area contributed by atoms with Gasteiger partial charge in [0.25, 0.3) is 0 Å². The zero-order valence-electron chi connectivity index (χ0n) is 7.16. The normalized spacial score (nSPS) is 9.62. The van der Waals surface area contributed by atoms with Crippen LogP contribution in [0.5, 0.6) is 0 Å². The van der Waals surface area contributed by atoms with Crippen LogP contribution in [0.1, 0.15) is 12.0 Å². The van der Waals surface area contributed by atoms with Gasteiger partial charge in [-0.15, -0.1) is 16.5 Å². The largest absolute Gasteiger partial charge is 0.242 e. The molecule has 0 aliphatic heterocycles. The molecule has 1 aromatic carbocycles. The van der Waals surface area contributed by atoms with Crippen molar-refractivity contribution < 1.29 is 0 Å². The van der Waals surface area contributed by atoms with Crippen molar-refractivity contribution in [3.63, 3.8) is 0 Å². The summed E-state index contributed by atoms with van der Waals surface area (Å²) in [4.78, 5) is 9.85. The van der Waals surface area contributed by atoms with Crippen LogP contribution in [0.4, 0.5) is 5.69 Å². The van der Waals surface area contributed by atoms with Gasteiger partial charge >= 0.3 is 0 Å². The first-order valence-corrected chi connectivity index (χ1v) is 4.63. The predicted octanol–water partition coefficient (Wildman–Crippen LogP) is 2.95. The van der Waals surface area contributed by atoms with Crippen molar-refractivity contribution in [1.29, 1.82) is 0 Å². The molecule has 0 amide bonds. The van der Waals surface area contributed by atoms with E-state index in [-0.39, 0.29) is 0 Å². The van der Waals surface area contributed by atoms with E-state index in [0.717, 1.165) is 12.8 Å². The molecule has 0 atom stereocenters. The number of alkyl halides is 1. The van der Waals surface area contributed by atoms with Crippen LogP contribution >= 0.6 is 11.6 Å². The molecule has 70 valence electrons. The van der Waals surface area contributed by atoms with Gasteiger partial charge in [-0.05, 0) is 30.5 Å². The Hall–Kier alpha value is -1.09. The molecule has 1 rings (SSSR count). The molecular formula is C9H11ClN2O. The summed E-state index contributed by atoms with van der Waals surface area (Å²) < 4.78 is 0. The van der Waals surface area contributed by atoms with Crippen LogP contribution in [0.15, 0.2) is 29.6 Å². The summed E-state index contributed by atoms with van der Waals surface area (Å²) in [5.41, 5.74) is 4.27. The SMILES string of the molecule is O=NNc1ccc(CCCCl)cc1. The standard InChI is InChI=1S/C9H11ClN2O/c10-7-1-2-8-3-5-9(6-4-8)11-12-13/h3-6H,1-2,7H2,(H,11,13). The number of anilines is 1. The summed E-state index contributed by atoms with van der Waals surface area (Å²) in [6.07, 6.45) is 1.94. The Balaban J connectivity index is 2.53. The van der Waals surface area contributed by atoms with Crippen LogP contribution in [-0.2, 0) is 6.42 Å². The number of hydrogen-bond donors (Lipinski definition) is 1. The Bertz CT molecular complexity index is 261. The van der Waals surface area contributed by atoms with E-state index in [1.165, 1.54) is 5.56 Å². The third-order valence-corrected chi connectivity index (χ3v) is 2.00. The second-order valence-corrected chi connectivity index (χ2v) is 3.07. The highest BCUT2D eigenvalue weighted by Crippen LogP contribution is 2.10. The quantitative estimate of drug-likeness (QED) is 0.449. The van der Waals surface area contributed by atoms with Crippen LogP contribution in [0.3, 0.4) is 0 Å². The van der Waals surface area contributed by atoms with Gasteiger partial charge in [-0.1, -0.05) is 12.1 Å². The van der Waals surface area contributed by atoms with E-state index in [2.05, 4.69) is 10.7 Å². The lowest BCUT2D eigenvalue weighted by atomic mass is 10.1. The number of nitroso groups, excluding NO2 is 1. The lowest BCUT2D eigenvalue weighted by Crippen LogP contribution is -1.88. The zero-order valence-corrected chi connectivity index (χ0v) is 7.92. The van der Waals surface area contributed by atoms with E-state index in [1.807, 2.05) is 24.3 Å². The first-order chi connectivity index (χ1) is 6.36. The highest BCUT2D eigenvalue weighted by atomic mass is 35.5. The number of halogens is 1. The monoisotopic (exact) mass is 198 g/mol. The Morgan fingerprint density at radius 2 is 2.00 bits per heavy atom. The molecular weight excluding hydrogens is 188 g/mol. The molecule has 0 radical (unpaired) electrons. The van der Waals surface area contributed by atoms with Gasteiger partial charge in [0.1, 0.15) is 0 Å². The second-order valence-electron chi connectivity index (χ2n) is 2.69. The number of nitrogens with one attached hydrogen (secondary N) is 1. The van der Waals surface area contributed by atoms with Crippen LogP contribution < -0.4 is 5.43 Å². The average molecular weight is 199 g/mol. The van der Waals surface area contributed by atoms with Crippen molar-refractivity contribution in [2.24, 2.45) is 5.29 Å². The molecule has 0 aliphatic rings. The minimum absolute atomic E-state index is 0.676. The van der Waals surface area contributed by atoms with E-state index in [9.17, 15) is 4.91 Å². The molecule has 1 N–H and O–H groups in total. The molecule has 0 fully saturated rings. The first-order valence-electron chi connectivity index (χ1n) is 4.10. The Kier molecular flexibility index (Phi) is 4.26. The minimum atomic E-state index is 0.676. The zero-order chi connectivity index (χ0) is 9.52. The fraction of sp³-hybridized carbons (Fsp3) is 0.333. The lowest BCUT2D eigenvalue weighted by molar-refractivity contribution is 0.929. The summed E-state index contributed by atoms with van der Waals surface area (Å²) in [6.45, 7) is 0. The van der Waals surface area contributed by atoms with Crippen molar-refractivity contribution in [3.05, 3.63) is 34.7 Å². The van der Waals surface area contributed by atoms with Gasteiger partial charge in [0.05, 0.1) is 11.0 Å². The van der Waals surface area contributed by atoms with E-state index in [1.54, 1.807) is 0 Å². The maximum atomic E-state index is 9.85. The summed E-state index contributed by atoms with van der Waals surface area (Å²) in [6, 6.07) is 7.57. The number of nitrogens with zero attached hydrogens (tertiary/aromatic N) is 1. The van der Waals surface area contributed by atoms with Gasteiger partial charge in [-0.3, -0.25) is 0 Å². The molecule has 4 heteroatoms. The van der Waals surface area contributed by atoms with Gasteiger partial charge in [-0.25, -0.2) is 5.43 Å². The molecule has 3 nitrogen and oxygen atoms in total. The molecule has 0 aromatic heterocycles. The van der Waals surface area contributed by atoms with Crippen molar-refractivity contribution in [3.8, 4) is 0 Å². The average Bonchev–Trinajstić information content (AvgIpc) is 2.17. The third kappa shape index (κ3) is 3.42. The van der Waals surface area contributed by atoms with Crippen molar-refractivity contribution >= 4 is 17.3 Å². The number of rotatable bonds is 5. The Labute approximate surface area is 82.0 Å². The fourth-order valence-electron chi connectivity index (χ4n) is 1.07. The molecule has 0 heterocycles. The van der Waals surface area contributed by atoms with Crippen LogP contribution in [0.25, 0.3) is 0 Å². The summed E-state index contributed by atoms with van der Waals surface area (Å²) in [5.74, 6) is 0.676. The smallest absolute Gasteiger partial charge is 0.0594 e. The summed E-state index contributed by atoms with van der Waals surface area (Å²) >= 11 is 5.56. The van der Waals surface area contributed by atoms with E-state index >= 15 is 0 Å².